The van der Waals surface area contributed by atoms with Crippen molar-refractivity contribution < 1.29 is 0 Å². The average Bonchev–Trinajstić information content (AvgIpc) is 3.15. The molecule has 1 aromatic carbocycles. The Labute approximate surface area is 127 Å². The van der Waals surface area contributed by atoms with E-state index in [1.807, 2.05) is 6.20 Å². The fourth-order valence-corrected chi connectivity index (χ4v) is 2.65. The Morgan fingerprint density at radius 3 is 2.67 bits per heavy atom. The summed E-state index contributed by atoms with van der Waals surface area (Å²) in [6.07, 6.45) is 4.62. The highest BCUT2D eigenvalue weighted by molar-refractivity contribution is 5.40. The molecule has 0 bridgehead atoms. The van der Waals surface area contributed by atoms with E-state index in [0.717, 1.165) is 6.54 Å². The minimum Gasteiger partial charge on any atom is -0.308 e. The summed E-state index contributed by atoms with van der Waals surface area (Å²) in [6.45, 7) is 9.63. The molecule has 0 saturated heterocycles. The molecule has 1 heterocycles. The first-order valence-electron chi connectivity index (χ1n) is 7.83. The summed E-state index contributed by atoms with van der Waals surface area (Å²) < 4.78 is 2.14. The first-order chi connectivity index (χ1) is 9.94. The second kappa shape index (κ2) is 5.30. The van der Waals surface area contributed by atoms with Crippen molar-refractivity contribution in [2.75, 3.05) is 0 Å². The molecular weight excluding hydrogens is 258 g/mol. The van der Waals surface area contributed by atoms with Gasteiger partial charge in [0.2, 0.25) is 0 Å². The Bertz CT molecular complexity index is 630. The van der Waals surface area contributed by atoms with Crippen LogP contribution in [0, 0.1) is 6.92 Å². The Balaban J connectivity index is 1.93. The molecule has 0 atom stereocenters. The normalized spacial score (nSPS) is 15.4. The van der Waals surface area contributed by atoms with Crippen molar-refractivity contribution in [3.8, 4) is 5.69 Å². The van der Waals surface area contributed by atoms with Crippen molar-refractivity contribution in [2.24, 2.45) is 0 Å². The predicted octanol–water partition coefficient (Wildman–Crippen LogP) is 3.95. The molecule has 0 aliphatic heterocycles. The summed E-state index contributed by atoms with van der Waals surface area (Å²) in [7, 11) is 0. The third-order valence-corrected chi connectivity index (χ3v) is 3.91. The summed E-state index contributed by atoms with van der Waals surface area (Å²) >= 11 is 0. The van der Waals surface area contributed by atoms with Crippen LogP contribution in [0.5, 0.6) is 0 Å². The van der Waals surface area contributed by atoms with Crippen LogP contribution in [0.15, 0.2) is 30.5 Å². The SMILES string of the molecule is Cc1cccc(-n2ncc(CNC(C)(C)C)c2C2CC2)c1. The lowest BCUT2D eigenvalue weighted by molar-refractivity contribution is 0.423. The zero-order valence-electron chi connectivity index (χ0n) is 13.5. The topological polar surface area (TPSA) is 29.9 Å². The Kier molecular flexibility index (Phi) is 3.62. The van der Waals surface area contributed by atoms with Gasteiger partial charge in [0.1, 0.15) is 0 Å². The number of nitrogens with zero attached hydrogens (tertiary/aromatic N) is 2. The largest absolute Gasteiger partial charge is 0.308 e. The van der Waals surface area contributed by atoms with E-state index in [4.69, 9.17) is 0 Å². The molecule has 112 valence electrons. The summed E-state index contributed by atoms with van der Waals surface area (Å²) in [5, 5.41) is 8.25. The van der Waals surface area contributed by atoms with Gasteiger partial charge in [-0.2, -0.15) is 5.10 Å². The number of benzene rings is 1. The summed E-state index contributed by atoms with van der Waals surface area (Å²) in [4.78, 5) is 0. The number of nitrogens with one attached hydrogen (secondary N) is 1. The minimum absolute atomic E-state index is 0.131. The van der Waals surface area contributed by atoms with Crippen LogP contribution in [0.2, 0.25) is 0 Å². The fourth-order valence-electron chi connectivity index (χ4n) is 2.65. The molecule has 0 spiro atoms. The van der Waals surface area contributed by atoms with Gasteiger partial charge in [0.05, 0.1) is 17.6 Å². The molecule has 1 aliphatic carbocycles. The molecule has 2 aromatic rings. The van der Waals surface area contributed by atoms with Crippen molar-refractivity contribution in [2.45, 2.75) is 58.5 Å². The zero-order chi connectivity index (χ0) is 15.0. The molecule has 0 amide bonds. The zero-order valence-corrected chi connectivity index (χ0v) is 13.5. The molecule has 0 unspecified atom stereocenters. The second-order valence-electron chi connectivity index (χ2n) is 7.18. The molecule has 1 N–H and O–H groups in total. The molecule has 3 rings (SSSR count). The Hall–Kier alpha value is -1.61. The van der Waals surface area contributed by atoms with Gasteiger partial charge in [0.25, 0.3) is 0 Å². The Morgan fingerprint density at radius 2 is 2.05 bits per heavy atom. The quantitative estimate of drug-likeness (QED) is 0.921. The van der Waals surface area contributed by atoms with E-state index in [9.17, 15) is 0 Å². The predicted molar refractivity (Wildman–Crippen MR) is 86.9 cm³/mol. The van der Waals surface area contributed by atoms with E-state index < -0.39 is 0 Å². The van der Waals surface area contributed by atoms with Crippen LogP contribution < -0.4 is 5.32 Å². The van der Waals surface area contributed by atoms with Crippen LogP contribution in [0.25, 0.3) is 5.69 Å². The van der Waals surface area contributed by atoms with Gasteiger partial charge in [-0.3, -0.25) is 0 Å². The van der Waals surface area contributed by atoms with E-state index >= 15 is 0 Å². The van der Waals surface area contributed by atoms with Crippen LogP contribution in [-0.4, -0.2) is 15.3 Å². The highest BCUT2D eigenvalue weighted by Crippen LogP contribution is 2.42. The van der Waals surface area contributed by atoms with Gasteiger partial charge in [0.15, 0.2) is 0 Å². The molecule has 1 aromatic heterocycles. The molecule has 21 heavy (non-hydrogen) atoms. The van der Waals surface area contributed by atoms with Gasteiger partial charge >= 0.3 is 0 Å². The van der Waals surface area contributed by atoms with Crippen LogP contribution in [0.3, 0.4) is 0 Å². The first kappa shape index (κ1) is 14.3. The first-order valence-corrected chi connectivity index (χ1v) is 7.83. The van der Waals surface area contributed by atoms with Gasteiger partial charge in [-0.25, -0.2) is 4.68 Å². The van der Waals surface area contributed by atoms with Crippen LogP contribution in [-0.2, 0) is 6.54 Å². The van der Waals surface area contributed by atoms with E-state index in [1.54, 1.807) is 0 Å². The standard InChI is InChI=1S/C18H25N3/c1-13-6-5-7-16(10-13)21-17(14-8-9-14)15(12-20-21)11-19-18(2,3)4/h5-7,10,12,14,19H,8-9,11H2,1-4H3. The van der Waals surface area contributed by atoms with Crippen LogP contribution >= 0.6 is 0 Å². The van der Waals surface area contributed by atoms with Gasteiger partial charge in [-0.15, -0.1) is 0 Å². The third-order valence-electron chi connectivity index (χ3n) is 3.91. The molecule has 3 heteroatoms. The third kappa shape index (κ3) is 3.35. The lowest BCUT2D eigenvalue weighted by Gasteiger charge is -2.20. The smallest absolute Gasteiger partial charge is 0.0651 e. The summed E-state index contributed by atoms with van der Waals surface area (Å²) in [5.74, 6) is 0.685. The van der Waals surface area contributed by atoms with Gasteiger partial charge in [-0.05, 0) is 58.2 Å². The maximum absolute atomic E-state index is 4.67. The highest BCUT2D eigenvalue weighted by Gasteiger charge is 2.30. The van der Waals surface area contributed by atoms with Gasteiger partial charge in [-0.1, -0.05) is 12.1 Å². The highest BCUT2D eigenvalue weighted by atomic mass is 15.3. The number of hydrogen-bond donors (Lipinski definition) is 1. The van der Waals surface area contributed by atoms with Crippen molar-refractivity contribution in [3.05, 3.63) is 47.3 Å². The molecule has 1 fully saturated rings. The van der Waals surface area contributed by atoms with E-state index in [0.29, 0.717) is 5.92 Å². The van der Waals surface area contributed by atoms with Crippen molar-refractivity contribution in [1.29, 1.82) is 0 Å². The average molecular weight is 283 g/mol. The summed E-state index contributed by atoms with van der Waals surface area (Å²) in [6, 6.07) is 8.59. The van der Waals surface area contributed by atoms with E-state index in [-0.39, 0.29) is 5.54 Å². The van der Waals surface area contributed by atoms with E-state index in [2.05, 4.69) is 67.1 Å². The molecule has 0 radical (unpaired) electrons. The molecular formula is C18H25N3. The summed E-state index contributed by atoms with van der Waals surface area (Å²) in [5.41, 5.74) is 5.33. The molecule has 1 saturated carbocycles. The number of aromatic nitrogens is 2. The Morgan fingerprint density at radius 1 is 1.29 bits per heavy atom. The maximum atomic E-state index is 4.67. The second-order valence-corrected chi connectivity index (χ2v) is 7.18. The maximum Gasteiger partial charge on any atom is 0.0651 e. The number of aryl methyl sites for hydroxylation is 1. The molecule has 1 aliphatic rings. The number of hydrogen-bond acceptors (Lipinski definition) is 2. The van der Waals surface area contributed by atoms with Gasteiger partial charge in [0, 0.05) is 23.6 Å². The van der Waals surface area contributed by atoms with E-state index in [1.165, 1.54) is 35.3 Å². The lowest BCUT2D eigenvalue weighted by atomic mass is 10.1. The lowest BCUT2D eigenvalue weighted by Crippen LogP contribution is -2.35. The fraction of sp³-hybridized carbons (Fsp3) is 0.500. The monoisotopic (exact) mass is 283 g/mol. The van der Waals surface area contributed by atoms with Gasteiger partial charge < -0.3 is 5.32 Å². The van der Waals surface area contributed by atoms with Crippen molar-refractivity contribution in [1.82, 2.24) is 15.1 Å². The van der Waals surface area contributed by atoms with Crippen molar-refractivity contribution in [3.63, 3.8) is 0 Å². The minimum atomic E-state index is 0.131. The number of rotatable bonds is 4. The van der Waals surface area contributed by atoms with Crippen LogP contribution in [0.1, 0.15) is 56.4 Å². The van der Waals surface area contributed by atoms with Crippen molar-refractivity contribution >= 4 is 0 Å². The molecule has 3 nitrogen and oxygen atoms in total. The van der Waals surface area contributed by atoms with Crippen LogP contribution in [0.4, 0.5) is 0 Å².